The topological polar surface area (TPSA) is 55.2 Å². The molecule has 1 N–H and O–H groups in total. The molecule has 0 bridgehead atoms. The Hall–Kier alpha value is -2.62. The number of nitro benzene ring substituents is 1. The van der Waals surface area contributed by atoms with Gasteiger partial charge in [0.1, 0.15) is 0 Å². The highest BCUT2D eigenvalue weighted by atomic mass is 16.6. The number of hydrogen-bond acceptors (Lipinski definition) is 3. The molecule has 0 unspecified atom stereocenters. The van der Waals surface area contributed by atoms with Crippen LogP contribution < -0.4 is 5.32 Å². The highest BCUT2D eigenvalue weighted by Crippen LogP contribution is 2.51. The van der Waals surface area contributed by atoms with E-state index in [1.807, 2.05) is 12.1 Å². The van der Waals surface area contributed by atoms with Crippen molar-refractivity contribution in [2.45, 2.75) is 25.3 Å². The number of fused-ring (bicyclic) bond motifs is 3. The number of benzene rings is 2. The van der Waals surface area contributed by atoms with Gasteiger partial charge < -0.3 is 5.32 Å². The van der Waals surface area contributed by atoms with Crippen molar-refractivity contribution in [3.63, 3.8) is 0 Å². The molecule has 4 heteroatoms. The van der Waals surface area contributed by atoms with E-state index in [0.717, 1.165) is 17.7 Å². The van der Waals surface area contributed by atoms with E-state index in [1.54, 1.807) is 12.1 Å². The minimum Gasteiger partial charge on any atom is -0.377 e. The predicted molar refractivity (Wildman–Crippen MR) is 90.6 cm³/mol. The second-order valence-corrected chi connectivity index (χ2v) is 6.33. The van der Waals surface area contributed by atoms with Gasteiger partial charge in [-0.15, -0.1) is 0 Å². The van der Waals surface area contributed by atoms with Crippen LogP contribution in [0.1, 0.15) is 35.1 Å². The maximum absolute atomic E-state index is 11.4. The molecule has 0 fully saturated rings. The lowest BCUT2D eigenvalue weighted by molar-refractivity contribution is -0.385. The molecule has 23 heavy (non-hydrogen) atoms. The maximum Gasteiger partial charge on any atom is 0.274 e. The number of allylic oxidation sites excluding steroid dienone is 2. The van der Waals surface area contributed by atoms with Crippen molar-refractivity contribution in [1.82, 2.24) is 0 Å². The van der Waals surface area contributed by atoms with Gasteiger partial charge in [0.25, 0.3) is 5.69 Å². The third-order valence-electron chi connectivity index (χ3n) is 5.07. The fraction of sp³-hybridized carbons (Fsp3) is 0.263. The molecule has 3 atom stereocenters. The third kappa shape index (κ3) is 2.13. The smallest absolute Gasteiger partial charge is 0.274 e. The van der Waals surface area contributed by atoms with Crippen LogP contribution >= 0.6 is 0 Å². The number of nitrogens with zero attached hydrogens (tertiary/aromatic N) is 1. The van der Waals surface area contributed by atoms with Crippen LogP contribution in [0.5, 0.6) is 0 Å². The highest BCUT2D eigenvalue weighted by Gasteiger charge is 2.40. The average Bonchev–Trinajstić information content (AvgIpc) is 3.04. The van der Waals surface area contributed by atoms with Crippen LogP contribution in [0.25, 0.3) is 0 Å². The molecule has 4 rings (SSSR count). The molecule has 1 aliphatic carbocycles. The molecule has 0 saturated carbocycles. The van der Waals surface area contributed by atoms with Gasteiger partial charge in [-0.2, -0.15) is 0 Å². The molecule has 116 valence electrons. The van der Waals surface area contributed by atoms with E-state index < -0.39 is 0 Å². The largest absolute Gasteiger partial charge is 0.377 e. The van der Waals surface area contributed by atoms with Gasteiger partial charge in [-0.25, -0.2) is 0 Å². The quantitative estimate of drug-likeness (QED) is 0.496. The highest BCUT2D eigenvalue weighted by molar-refractivity contribution is 5.65. The molecule has 0 spiro atoms. The second-order valence-electron chi connectivity index (χ2n) is 6.33. The Bertz CT molecular complexity index is 813. The number of para-hydroxylation sites is 2. The summed E-state index contributed by atoms with van der Waals surface area (Å²) in [6.45, 7) is 2.08. The molecule has 1 aliphatic heterocycles. The van der Waals surface area contributed by atoms with Gasteiger partial charge in [-0.3, -0.25) is 10.1 Å². The molecule has 0 radical (unpaired) electrons. The molecule has 2 aromatic rings. The summed E-state index contributed by atoms with van der Waals surface area (Å²) in [5.41, 5.74) is 4.60. The predicted octanol–water partition coefficient (Wildman–Crippen LogP) is 4.73. The Morgan fingerprint density at radius 1 is 1.13 bits per heavy atom. The molecule has 2 aromatic carbocycles. The SMILES string of the molecule is Cc1cccc2c1N[C@H](c1ccccc1[N+](=O)[O-])[C@@H]1CC=C[C@H]21. The van der Waals surface area contributed by atoms with Crippen molar-refractivity contribution >= 4 is 11.4 Å². The van der Waals surface area contributed by atoms with E-state index in [4.69, 9.17) is 0 Å². The number of nitrogens with one attached hydrogen (secondary N) is 1. The number of aryl methyl sites for hydroxylation is 1. The summed E-state index contributed by atoms with van der Waals surface area (Å²) in [6, 6.07) is 13.4. The van der Waals surface area contributed by atoms with Gasteiger partial charge in [0, 0.05) is 17.7 Å². The van der Waals surface area contributed by atoms with Crippen molar-refractivity contribution in [1.29, 1.82) is 0 Å². The van der Waals surface area contributed by atoms with E-state index >= 15 is 0 Å². The zero-order valence-electron chi connectivity index (χ0n) is 12.9. The summed E-state index contributed by atoms with van der Waals surface area (Å²) in [5, 5.41) is 15.0. The van der Waals surface area contributed by atoms with Crippen LogP contribution in [0.15, 0.2) is 54.6 Å². The Labute approximate surface area is 135 Å². The zero-order valence-corrected chi connectivity index (χ0v) is 12.9. The van der Waals surface area contributed by atoms with Crippen molar-refractivity contribution in [2.75, 3.05) is 5.32 Å². The first kappa shape index (κ1) is 14.0. The summed E-state index contributed by atoms with van der Waals surface area (Å²) in [4.78, 5) is 11.2. The minimum atomic E-state index is -0.276. The molecular weight excluding hydrogens is 288 g/mol. The molecule has 0 saturated heterocycles. The van der Waals surface area contributed by atoms with E-state index in [0.29, 0.717) is 11.8 Å². The van der Waals surface area contributed by atoms with Gasteiger partial charge >= 0.3 is 0 Å². The van der Waals surface area contributed by atoms with Gasteiger partial charge in [0.2, 0.25) is 0 Å². The monoisotopic (exact) mass is 306 g/mol. The normalized spacial score (nSPS) is 24.7. The lowest BCUT2D eigenvalue weighted by Crippen LogP contribution is -2.30. The number of nitro groups is 1. The Morgan fingerprint density at radius 3 is 2.74 bits per heavy atom. The summed E-state index contributed by atoms with van der Waals surface area (Å²) >= 11 is 0. The van der Waals surface area contributed by atoms with Crippen LogP contribution in [0.2, 0.25) is 0 Å². The fourth-order valence-electron chi connectivity index (χ4n) is 4.00. The number of anilines is 1. The Morgan fingerprint density at radius 2 is 1.91 bits per heavy atom. The van der Waals surface area contributed by atoms with E-state index in [1.165, 1.54) is 11.1 Å². The summed E-state index contributed by atoms with van der Waals surface area (Å²) in [6.07, 6.45) is 5.41. The molecule has 0 amide bonds. The molecule has 4 nitrogen and oxygen atoms in total. The van der Waals surface area contributed by atoms with Crippen molar-refractivity contribution < 1.29 is 4.92 Å². The van der Waals surface area contributed by atoms with Crippen LogP contribution in [0, 0.1) is 23.0 Å². The summed E-state index contributed by atoms with van der Waals surface area (Å²) in [7, 11) is 0. The van der Waals surface area contributed by atoms with Crippen molar-refractivity contribution in [3.8, 4) is 0 Å². The van der Waals surface area contributed by atoms with Gasteiger partial charge in [-0.1, -0.05) is 48.6 Å². The van der Waals surface area contributed by atoms with Crippen LogP contribution in [0.3, 0.4) is 0 Å². The molecule has 2 aliphatic rings. The van der Waals surface area contributed by atoms with E-state index in [9.17, 15) is 10.1 Å². The van der Waals surface area contributed by atoms with Crippen LogP contribution in [-0.4, -0.2) is 4.92 Å². The van der Waals surface area contributed by atoms with Gasteiger partial charge in [-0.05, 0) is 30.4 Å². The first-order valence-corrected chi connectivity index (χ1v) is 7.93. The van der Waals surface area contributed by atoms with E-state index in [2.05, 4.69) is 42.6 Å². The first-order chi connectivity index (χ1) is 11.2. The van der Waals surface area contributed by atoms with Gasteiger partial charge in [0.15, 0.2) is 0 Å². The van der Waals surface area contributed by atoms with E-state index in [-0.39, 0.29) is 16.7 Å². The summed E-state index contributed by atoms with van der Waals surface area (Å²) in [5.74, 6) is 0.654. The Kier molecular flexibility index (Phi) is 3.18. The zero-order chi connectivity index (χ0) is 16.0. The first-order valence-electron chi connectivity index (χ1n) is 7.93. The standard InChI is InChI=1S/C19H18N2O2/c1-12-6-4-9-14-13-8-5-10-15(13)19(20-18(12)14)16-7-2-3-11-17(16)21(22)23/h2-9,11,13,15,19-20H,10H2,1H3/t13-,15-,19+/m1/s1. The van der Waals surface area contributed by atoms with Crippen LogP contribution in [0.4, 0.5) is 11.4 Å². The van der Waals surface area contributed by atoms with Gasteiger partial charge in [0.05, 0.1) is 16.5 Å². The fourth-order valence-corrected chi connectivity index (χ4v) is 4.00. The number of hydrogen-bond donors (Lipinski definition) is 1. The molecular formula is C19H18N2O2. The molecule has 0 aromatic heterocycles. The second kappa shape index (κ2) is 5.23. The summed E-state index contributed by atoms with van der Waals surface area (Å²) < 4.78 is 0. The average molecular weight is 306 g/mol. The van der Waals surface area contributed by atoms with Crippen LogP contribution in [-0.2, 0) is 0 Å². The molecule has 1 heterocycles. The number of rotatable bonds is 2. The van der Waals surface area contributed by atoms with Crippen molar-refractivity contribution in [3.05, 3.63) is 81.4 Å². The maximum atomic E-state index is 11.4. The minimum absolute atomic E-state index is 0.0369. The third-order valence-corrected chi connectivity index (χ3v) is 5.07. The Balaban J connectivity index is 1.86. The lowest BCUT2D eigenvalue weighted by atomic mass is 9.76. The lowest BCUT2D eigenvalue weighted by Gasteiger charge is -2.38. The van der Waals surface area contributed by atoms with Crippen molar-refractivity contribution in [2.24, 2.45) is 5.92 Å².